The lowest BCUT2D eigenvalue weighted by molar-refractivity contribution is -0.264. The van der Waals surface area contributed by atoms with Crippen LogP contribution in [0.5, 0.6) is 0 Å². The van der Waals surface area contributed by atoms with Gasteiger partial charge in [0.2, 0.25) is 0 Å². The molecule has 1 saturated heterocycles. The number of alkyl halides is 6. The van der Waals surface area contributed by atoms with Crippen LogP contribution in [-0.4, -0.2) is 30.9 Å². The average molecular weight is 322 g/mol. The minimum atomic E-state index is -5.06. The van der Waals surface area contributed by atoms with E-state index in [9.17, 15) is 26.3 Å². The Balaban J connectivity index is 2.51. The van der Waals surface area contributed by atoms with Gasteiger partial charge in [0.05, 0.1) is 6.42 Å². The molecule has 126 valence electrons. The van der Waals surface area contributed by atoms with Gasteiger partial charge in [0.25, 0.3) is 0 Å². The Hall–Kier alpha value is -0.500. The van der Waals surface area contributed by atoms with E-state index >= 15 is 0 Å². The molecule has 1 fully saturated rings. The van der Waals surface area contributed by atoms with Crippen LogP contribution in [0.1, 0.15) is 40.0 Å². The molecule has 0 aromatic carbocycles. The number of epoxide rings is 1. The molecule has 21 heavy (non-hydrogen) atoms. The van der Waals surface area contributed by atoms with Gasteiger partial charge in [0.1, 0.15) is 6.10 Å². The zero-order valence-electron chi connectivity index (χ0n) is 12.1. The van der Waals surface area contributed by atoms with Crippen LogP contribution < -0.4 is 0 Å². The molecule has 0 aromatic rings. The molecule has 0 N–H and O–H groups in total. The van der Waals surface area contributed by atoms with Crippen molar-refractivity contribution in [1.29, 1.82) is 0 Å². The van der Waals surface area contributed by atoms with Gasteiger partial charge in [0, 0.05) is 0 Å². The lowest BCUT2D eigenvalue weighted by atomic mass is 9.93. The van der Waals surface area contributed by atoms with Crippen molar-refractivity contribution >= 4 is 0 Å². The predicted molar refractivity (Wildman–Crippen MR) is 63.5 cm³/mol. The van der Waals surface area contributed by atoms with Gasteiger partial charge < -0.3 is 9.47 Å². The van der Waals surface area contributed by atoms with E-state index in [2.05, 4.69) is 4.74 Å². The third-order valence-corrected chi connectivity index (χ3v) is 3.60. The highest BCUT2D eigenvalue weighted by Gasteiger charge is 2.53. The lowest BCUT2D eigenvalue weighted by Crippen LogP contribution is -2.37. The second-order valence-electron chi connectivity index (χ2n) is 5.68. The molecule has 8 heteroatoms. The summed E-state index contributed by atoms with van der Waals surface area (Å²) < 4.78 is 83.6. The summed E-state index contributed by atoms with van der Waals surface area (Å²) in [6.07, 6.45) is -15.0. The highest BCUT2D eigenvalue weighted by atomic mass is 19.4. The first-order valence-corrected chi connectivity index (χ1v) is 6.88. The zero-order chi connectivity index (χ0) is 16.4. The van der Waals surface area contributed by atoms with E-state index in [1.165, 1.54) is 0 Å². The SMILES string of the molecule is CC[C@H](C)CC(C)C1OC1OC(CC(F)(F)F)C(F)(F)F. The minimum absolute atomic E-state index is 0.0512. The van der Waals surface area contributed by atoms with E-state index < -0.39 is 37.3 Å². The van der Waals surface area contributed by atoms with Gasteiger partial charge in [-0.15, -0.1) is 0 Å². The molecule has 0 saturated carbocycles. The summed E-state index contributed by atoms with van der Waals surface area (Å²) in [4.78, 5) is 0. The topological polar surface area (TPSA) is 21.8 Å². The molecule has 0 aromatic heterocycles. The average Bonchev–Trinajstić information content (AvgIpc) is 3.04. The number of halogens is 6. The highest BCUT2D eigenvalue weighted by molar-refractivity contribution is 4.85. The van der Waals surface area contributed by atoms with Crippen LogP contribution in [-0.2, 0) is 9.47 Å². The Bertz CT molecular complexity index is 328. The summed E-state index contributed by atoms with van der Waals surface area (Å²) in [5.41, 5.74) is 0. The highest BCUT2D eigenvalue weighted by Crippen LogP contribution is 2.40. The van der Waals surface area contributed by atoms with E-state index in [-0.39, 0.29) is 5.92 Å². The fourth-order valence-electron chi connectivity index (χ4n) is 2.17. The van der Waals surface area contributed by atoms with Crippen LogP contribution in [0.25, 0.3) is 0 Å². The van der Waals surface area contributed by atoms with Crippen molar-refractivity contribution < 1.29 is 35.8 Å². The molecule has 0 radical (unpaired) electrons. The molecule has 1 aliphatic rings. The zero-order valence-corrected chi connectivity index (χ0v) is 12.1. The maximum atomic E-state index is 12.6. The van der Waals surface area contributed by atoms with E-state index in [4.69, 9.17) is 4.74 Å². The fraction of sp³-hybridized carbons (Fsp3) is 1.00. The second kappa shape index (κ2) is 6.73. The van der Waals surface area contributed by atoms with Gasteiger partial charge in [-0.2, -0.15) is 26.3 Å². The largest absolute Gasteiger partial charge is 0.415 e. The predicted octanol–water partition coefficient (Wildman–Crippen LogP) is 4.68. The van der Waals surface area contributed by atoms with Crippen LogP contribution in [0.15, 0.2) is 0 Å². The first kappa shape index (κ1) is 18.5. The Morgan fingerprint density at radius 1 is 1.10 bits per heavy atom. The molecular weight excluding hydrogens is 302 g/mol. The molecule has 0 spiro atoms. The smallest absolute Gasteiger partial charge is 0.341 e. The van der Waals surface area contributed by atoms with Crippen LogP contribution in [0.3, 0.4) is 0 Å². The number of hydrogen-bond acceptors (Lipinski definition) is 2. The normalized spacial score (nSPS) is 27.3. The molecule has 2 nitrogen and oxygen atoms in total. The molecule has 0 aliphatic carbocycles. The van der Waals surface area contributed by atoms with Crippen molar-refractivity contribution in [2.24, 2.45) is 11.8 Å². The summed E-state index contributed by atoms with van der Waals surface area (Å²) in [6, 6.07) is 0. The van der Waals surface area contributed by atoms with E-state index in [1.54, 1.807) is 6.92 Å². The number of hydrogen-bond donors (Lipinski definition) is 0. The third kappa shape index (κ3) is 6.42. The van der Waals surface area contributed by atoms with Gasteiger partial charge in [0.15, 0.2) is 12.4 Å². The quantitative estimate of drug-likeness (QED) is 0.501. The monoisotopic (exact) mass is 322 g/mol. The van der Waals surface area contributed by atoms with E-state index in [0.29, 0.717) is 5.92 Å². The van der Waals surface area contributed by atoms with Crippen LogP contribution in [0.2, 0.25) is 0 Å². The first-order valence-electron chi connectivity index (χ1n) is 6.88. The summed E-state index contributed by atoms with van der Waals surface area (Å²) >= 11 is 0. The summed E-state index contributed by atoms with van der Waals surface area (Å²) in [6.45, 7) is 5.78. The van der Waals surface area contributed by atoms with E-state index in [1.807, 2.05) is 13.8 Å². The lowest BCUT2D eigenvalue weighted by Gasteiger charge is -2.21. The first-order chi connectivity index (χ1) is 9.44. The van der Waals surface area contributed by atoms with Gasteiger partial charge in [-0.1, -0.05) is 27.2 Å². The van der Waals surface area contributed by atoms with Crippen molar-refractivity contribution in [1.82, 2.24) is 0 Å². The van der Waals surface area contributed by atoms with Crippen molar-refractivity contribution in [3.05, 3.63) is 0 Å². The standard InChI is InChI=1S/C13H20F6O2/c1-4-7(2)5-8(3)10-11(21-10)20-9(13(17,18)19)6-12(14,15)16/h7-11H,4-6H2,1-3H3/t7-,8?,9?,10?,11?/m0/s1. The Morgan fingerprint density at radius 3 is 2.10 bits per heavy atom. The molecule has 1 rings (SSSR count). The third-order valence-electron chi connectivity index (χ3n) is 3.60. The van der Waals surface area contributed by atoms with Crippen molar-refractivity contribution in [3.8, 4) is 0 Å². The van der Waals surface area contributed by atoms with Crippen molar-refractivity contribution in [3.63, 3.8) is 0 Å². The van der Waals surface area contributed by atoms with Crippen LogP contribution in [0, 0.1) is 11.8 Å². The van der Waals surface area contributed by atoms with E-state index in [0.717, 1.165) is 12.8 Å². The van der Waals surface area contributed by atoms with Gasteiger partial charge in [-0.25, -0.2) is 0 Å². The summed E-state index contributed by atoms with van der Waals surface area (Å²) in [7, 11) is 0. The Morgan fingerprint density at radius 2 is 1.67 bits per heavy atom. The van der Waals surface area contributed by atoms with Crippen LogP contribution in [0.4, 0.5) is 26.3 Å². The summed E-state index contributed by atoms with van der Waals surface area (Å²) in [5.74, 6) is 0.322. The van der Waals surface area contributed by atoms with Gasteiger partial charge in [-0.3, -0.25) is 0 Å². The van der Waals surface area contributed by atoms with Crippen molar-refractivity contribution in [2.75, 3.05) is 0 Å². The Kier molecular flexibility index (Phi) is 5.94. The minimum Gasteiger partial charge on any atom is -0.341 e. The van der Waals surface area contributed by atoms with Gasteiger partial charge in [-0.05, 0) is 18.3 Å². The fourth-order valence-corrected chi connectivity index (χ4v) is 2.17. The summed E-state index contributed by atoms with van der Waals surface area (Å²) in [5, 5.41) is 0. The van der Waals surface area contributed by atoms with Gasteiger partial charge >= 0.3 is 12.4 Å². The number of rotatable bonds is 7. The molecule has 1 heterocycles. The maximum absolute atomic E-state index is 12.6. The maximum Gasteiger partial charge on any atom is 0.415 e. The van der Waals surface area contributed by atoms with Crippen molar-refractivity contribution in [2.45, 2.75) is 70.9 Å². The molecule has 0 bridgehead atoms. The molecule has 0 amide bonds. The molecule has 5 atom stereocenters. The Labute approximate surface area is 119 Å². The molecule has 4 unspecified atom stereocenters. The number of ether oxygens (including phenoxy) is 2. The second-order valence-corrected chi connectivity index (χ2v) is 5.68. The molecular formula is C13H20F6O2. The van der Waals surface area contributed by atoms with Crippen LogP contribution >= 0.6 is 0 Å². The molecule has 1 aliphatic heterocycles.